The van der Waals surface area contributed by atoms with Gasteiger partial charge in [0.1, 0.15) is 16.8 Å². The summed E-state index contributed by atoms with van der Waals surface area (Å²) in [6, 6.07) is 15.2. The van der Waals surface area contributed by atoms with Gasteiger partial charge in [-0.2, -0.15) is 0 Å². The monoisotopic (exact) mass is 531 g/mol. The third-order valence-corrected chi connectivity index (χ3v) is 7.99. The Bertz CT molecular complexity index is 1720. The standard InChI is InChI=1S/C26H25N7O2S2/c1-3-4-12-32-20(27)18(14-19-22(32)28-21-16(2)9-8-13-33(21)24(19)35)23(34)29-25-30-31-26(37-25)36-15-17-10-6-5-7-11-17/h5-11,13-14,27H,3-4,12,15H2,1-2H3,(H,29,30,34). The number of rotatable bonds is 8. The van der Waals surface area contributed by atoms with Crippen LogP contribution in [0.4, 0.5) is 5.13 Å². The molecule has 1 amide bonds. The van der Waals surface area contributed by atoms with Gasteiger partial charge in [0, 0.05) is 18.5 Å². The average Bonchev–Trinajstić information content (AvgIpc) is 3.35. The molecule has 5 rings (SSSR count). The first-order chi connectivity index (χ1) is 18.0. The lowest BCUT2D eigenvalue weighted by Crippen LogP contribution is -2.32. The first kappa shape index (κ1) is 24.8. The van der Waals surface area contributed by atoms with E-state index in [-0.39, 0.29) is 22.0 Å². The van der Waals surface area contributed by atoms with Crippen molar-refractivity contribution in [2.75, 3.05) is 5.32 Å². The highest BCUT2D eigenvalue weighted by Gasteiger charge is 2.19. The number of nitrogens with one attached hydrogen (secondary N) is 2. The SMILES string of the molecule is CCCCn1c(=N)c(C(=O)Nc2nnc(SCc3ccccc3)s2)cc2c(=O)n3cccc(C)c3nc21. The molecular formula is C26H25N7O2S2. The minimum absolute atomic E-state index is 0.00600. The minimum atomic E-state index is -0.512. The van der Waals surface area contributed by atoms with Crippen molar-refractivity contribution in [3.8, 4) is 0 Å². The van der Waals surface area contributed by atoms with Gasteiger partial charge >= 0.3 is 0 Å². The van der Waals surface area contributed by atoms with Crippen LogP contribution in [-0.4, -0.2) is 30.1 Å². The van der Waals surface area contributed by atoms with Gasteiger partial charge in [0.2, 0.25) is 5.13 Å². The van der Waals surface area contributed by atoms with E-state index < -0.39 is 5.91 Å². The van der Waals surface area contributed by atoms with Crippen LogP contribution in [0.3, 0.4) is 0 Å². The lowest BCUT2D eigenvalue weighted by atomic mass is 10.2. The molecule has 0 aliphatic rings. The van der Waals surface area contributed by atoms with Crippen LogP contribution in [0.15, 0.2) is 63.9 Å². The van der Waals surface area contributed by atoms with Gasteiger partial charge in [-0.05, 0) is 36.6 Å². The van der Waals surface area contributed by atoms with Crippen molar-refractivity contribution in [3.63, 3.8) is 0 Å². The molecule has 2 N–H and O–H groups in total. The number of pyridine rings is 2. The van der Waals surface area contributed by atoms with Crippen LogP contribution in [0.5, 0.6) is 0 Å². The number of nitrogens with zero attached hydrogens (tertiary/aromatic N) is 5. The Balaban J connectivity index is 1.49. The fourth-order valence-corrected chi connectivity index (χ4v) is 5.71. The van der Waals surface area contributed by atoms with E-state index in [2.05, 4.69) is 15.5 Å². The Morgan fingerprint density at radius 1 is 1.14 bits per heavy atom. The topological polar surface area (TPSA) is 118 Å². The largest absolute Gasteiger partial charge is 0.310 e. The highest BCUT2D eigenvalue weighted by atomic mass is 32.2. The number of aryl methyl sites for hydroxylation is 2. The number of amides is 1. The van der Waals surface area contributed by atoms with E-state index in [9.17, 15) is 9.59 Å². The van der Waals surface area contributed by atoms with E-state index in [0.29, 0.717) is 23.0 Å². The highest BCUT2D eigenvalue weighted by Crippen LogP contribution is 2.28. The van der Waals surface area contributed by atoms with Crippen molar-refractivity contribution >= 4 is 50.8 Å². The number of benzene rings is 1. The molecule has 0 spiro atoms. The Labute approximate surface area is 220 Å². The molecule has 0 saturated heterocycles. The Kier molecular flexibility index (Phi) is 7.15. The third-order valence-electron chi connectivity index (χ3n) is 5.95. The van der Waals surface area contributed by atoms with Crippen LogP contribution in [0.25, 0.3) is 16.7 Å². The van der Waals surface area contributed by atoms with Gasteiger partial charge in [-0.15, -0.1) is 10.2 Å². The summed E-state index contributed by atoms with van der Waals surface area (Å²) in [5.74, 6) is 0.230. The van der Waals surface area contributed by atoms with E-state index >= 15 is 0 Å². The van der Waals surface area contributed by atoms with E-state index in [0.717, 1.165) is 28.5 Å². The molecule has 4 heterocycles. The van der Waals surface area contributed by atoms with Crippen molar-refractivity contribution in [3.05, 3.63) is 87.3 Å². The first-order valence-electron chi connectivity index (χ1n) is 11.9. The normalized spacial score (nSPS) is 11.3. The molecule has 4 aromatic heterocycles. The summed E-state index contributed by atoms with van der Waals surface area (Å²) >= 11 is 2.81. The van der Waals surface area contributed by atoms with Crippen molar-refractivity contribution in [1.82, 2.24) is 24.1 Å². The summed E-state index contributed by atoms with van der Waals surface area (Å²) in [6.07, 6.45) is 3.34. The lowest BCUT2D eigenvalue weighted by Gasteiger charge is -2.14. The van der Waals surface area contributed by atoms with Crippen LogP contribution in [0.2, 0.25) is 0 Å². The zero-order chi connectivity index (χ0) is 25.9. The number of carbonyl (C=O) groups is 1. The third kappa shape index (κ3) is 5.05. The van der Waals surface area contributed by atoms with E-state index in [1.54, 1.807) is 16.8 Å². The van der Waals surface area contributed by atoms with Crippen LogP contribution in [-0.2, 0) is 12.3 Å². The Morgan fingerprint density at radius 2 is 1.95 bits per heavy atom. The van der Waals surface area contributed by atoms with E-state index in [1.807, 2.05) is 50.2 Å². The maximum absolute atomic E-state index is 13.4. The van der Waals surface area contributed by atoms with Gasteiger partial charge in [-0.3, -0.25) is 24.7 Å². The molecule has 0 bridgehead atoms. The molecule has 37 heavy (non-hydrogen) atoms. The summed E-state index contributed by atoms with van der Waals surface area (Å²) in [6.45, 7) is 4.41. The number of anilines is 1. The molecule has 0 fully saturated rings. The van der Waals surface area contributed by atoms with Crippen LogP contribution in [0.1, 0.15) is 41.3 Å². The maximum atomic E-state index is 13.4. The smallest absolute Gasteiger partial charge is 0.267 e. The second-order valence-corrected chi connectivity index (χ2v) is 10.8. The molecule has 0 saturated carbocycles. The molecule has 0 aliphatic carbocycles. The Morgan fingerprint density at radius 3 is 2.73 bits per heavy atom. The van der Waals surface area contributed by atoms with Gasteiger partial charge in [-0.25, -0.2) is 4.98 Å². The second kappa shape index (κ2) is 10.7. The number of aromatic nitrogens is 5. The average molecular weight is 532 g/mol. The zero-order valence-corrected chi connectivity index (χ0v) is 22.0. The summed E-state index contributed by atoms with van der Waals surface area (Å²) < 4.78 is 3.86. The molecular weight excluding hydrogens is 506 g/mol. The predicted octanol–water partition coefficient (Wildman–Crippen LogP) is 4.63. The Hall–Kier alpha value is -3.83. The summed E-state index contributed by atoms with van der Waals surface area (Å²) in [4.78, 5) is 31.4. The van der Waals surface area contributed by atoms with Gasteiger partial charge < -0.3 is 4.57 Å². The van der Waals surface area contributed by atoms with Gasteiger partial charge in [0.05, 0.1) is 10.9 Å². The fourth-order valence-electron chi connectivity index (χ4n) is 4.01. The molecule has 9 nitrogen and oxygen atoms in total. The highest BCUT2D eigenvalue weighted by molar-refractivity contribution is 8.00. The molecule has 0 aliphatic heterocycles. The van der Waals surface area contributed by atoms with E-state index in [4.69, 9.17) is 10.4 Å². The van der Waals surface area contributed by atoms with Gasteiger partial charge in [0.25, 0.3) is 11.5 Å². The molecule has 188 valence electrons. The van der Waals surface area contributed by atoms with Gasteiger partial charge in [-0.1, -0.05) is 72.8 Å². The minimum Gasteiger partial charge on any atom is -0.310 e. The second-order valence-electron chi connectivity index (χ2n) is 8.55. The molecule has 11 heteroatoms. The molecule has 1 aromatic carbocycles. The van der Waals surface area contributed by atoms with Crippen molar-refractivity contribution in [2.45, 2.75) is 43.3 Å². The number of fused-ring (bicyclic) bond motifs is 2. The molecule has 0 atom stereocenters. The quantitative estimate of drug-likeness (QED) is 0.171. The number of carbonyl (C=O) groups excluding carboxylic acids is 1. The van der Waals surface area contributed by atoms with E-state index in [1.165, 1.54) is 39.1 Å². The first-order valence-corrected chi connectivity index (χ1v) is 13.7. The molecule has 0 radical (unpaired) electrons. The zero-order valence-electron chi connectivity index (χ0n) is 20.4. The predicted molar refractivity (Wildman–Crippen MR) is 146 cm³/mol. The molecule has 0 unspecified atom stereocenters. The maximum Gasteiger partial charge on any atom is 0.267 e. The number of thioether (sulfide) groups is 1. The number of unbranched alkanes of at least 4 members (excludes halogenated alkanes) is 1. The van der Waals surface area contributed by atoms with Crippen LogP contribution < -0.4 is 16.4 Å². The van der Waals surface area contributed by atoms with Crippen LogP contribution in [0, 0.1) is 12.3 Å². The summed E-state index contributed by atoms with van der Waals surface area (Å²) in [7, 11) is 0. The van der Waals surface area contributed by atoms with Crippen molar-refractivity contribution < 1.29 is 4.79 Å². The van der Waals surface area contributed by atoms with Crippen molar-refractivity contribution in [2.24, 2.45) is 0 Å². The summed E-state index contributed by atoms with van der Waals surface area (Å²) in [5.41, 5.74) is 2.78. The lowest BCUT2D eigenvalue weighted by molar-refractivity contribution is 0.102. The number of hydrogen-bond donors (Lipinski definition) is 2. The van der Waals surface area contributed by atoms with Crippen LogP contribution >= 0.6 is 23.1 Å². The number of hydrogen-bond acceptors (Lipinski definition) is 8. The van der Waals surface area contributed by atoms with Gasteiger partial charge in [0.15, 0.2) is 4.34 Å². The van der Waals surface area contributed by atoms with Crippen molar-refractivity contribution in [1.29, 1.82) is 5.41 Å². The molecule has 5 aromatic rings. The summed E-state index contributed by atoms with van der Waals surface area (Å²) in [5, 5.41) is 20.5. The fraction of sp³-hybridized carbons (Fsp3) is 0.231.